The number of nitrogens with zero attached hydrogens (tertiary/aromatic N) is 2. The van der Waals surface area contributed by atoms with Gasteiger partial charge in [0.2, 0.25) is 0 Å². The highest BCUT2D eigenvalue weighted by Gasteiger charge is 2.18. The second-order valence-corrected chi connectivity index (χ2v) is 8.69. The van der Waals surface area contributed by atoms with Gasteiger partial charge in [-0.2, -0.15) is 0 Å². The number of rotatable bonds is 1. The summed E-state index contributed by atoms with van der Waals surface area (Å²) in [7, 11) is 0. The van der Waals surface area contributed by atoms with Crippen molar-refractivity contribution < 1.29 is 0 Å². The molecule has 0 saturated heterocycles. The third-order valence-corrected chi connectivity index (χ3v) is 7.24. The molecule has 3 heterocycles. The lowest BCUT2D eigenvalue weighted by molar-refractivity contribution is 1.08. The van der Waals surface area contributed by atoms with Crippen molar-refractivity contribution >= 4 is 64.1 Å². The molecular weight excluding hydrogens is 384 g/mol. The quantitative estimate of drug-likeness (QED) is 0.276. The second-order valence-electron chi connectivity index (χ2n) is 7.64. The van der Waals surface area contributed by atoms with Crippen molar-refractivity contribution in [1.29, 1.82) is 0 Å². The van der Waals surface area contributed by atoms with Gasteiger partial charge in [-0.15, -0.1) is 11.3 Å². The monoisotopic (exact) mass is 400 g/mol. The minimum atomic E-state index is 0.955. The third kappa shape index (κ3) is 2.05. The highest BCUT2D eigenvalue weighted by atomic mass is 32.1. The molecule has 0 bridgehead atoms. The van der Waals surface area contributed by atoms with Gasteiger partial charge in [0, 0.05) is 37.1 Å². The molecule has 7 rings (SSSR count). The Bertz CT molecular complexity index is 1740. The lowest BCUT2D eigenvalue weighted by Crippen LogP contribution is -1.96. The molecule has 0 radical (unpaired) electrons. The van der Waals surface area contributed by atoms with Gasteiger partial charge < -0.3 is 0 Å². The Hall–Kier alpha value is -3.69. The van der Waals surface area contributed by atoms with Crippen LogP contribution < -0.4 is 0 Å². The zero-order valence-corrected chi connectivity index (χ0v) is 16.9. The van der Waals surface area contributed by atoms with E-state index in [1.807, 2.05) is 23.6 Å². The van der Waals surface area contributed by atoms with Crippen LogP contribution in [0.3, 0.4) is 0 Å². The molecule has 0 aliphatic heterocycles. The summed E-state index contributed by atoms with van der Waals surface area (Å²) in [6, 6.07) is 32.5. The average Bonchev–Trinajstić information content (AvgIpc) is 3.35. The van der Waals surface area contributed by atoms with Gasteiger partial charge in [0.15, 0.2) is 0 Å². The van der Waals surface area contributed by atoms with Gasteiger partial charge in [0.25, 0.3) is 0 Å². The highest BCUT2D eigenvalue weighted by Crippen LogP contribution is 2.44. The minimum Gasteiger partial charge on any atom is -0.293 e. The Morgan fingerprint density at radius 3 is 2.33 bits per heavy atom. The SMILES string of the molecule is c1ccc(-n2c3ccccc3c3ccc4sc5c6ccccc6ccc5c4c32)nc1. The van der Waals surface area contributed by atoms with Crippen LogP contribution in [0, 0.1) is 0 Å². The zero-order chi connectivity index (χ0) is 19.7. The maximum Gasteiger partial charge on any atom is 0.137 e. The molecule has 0 amide bonds. The largest absolute Gasteiger partial charge is 0.293 e. The van der Waals surface area contributed by atoms with E-state index in [9.17, 15) is 0 Å². The van der Waals surface area contributed by atoms with E-state index in [1.165, 1.54) is 52.8 Å². The highest BCUT2D eigenvalue weighted by molar-refractivity contribution is 7.26. The molecule has 0 fully saturated rings. The topological polar surface area (TPSA) is 17.8 Å². The summed E-state index contributed by atoms with van der Waals surface area (Å²) in [4.78, 5) is 4.71. The molecule has 0 atom stereocenters. The number of hydrogen-bond acceptors (Lipinski definition) is 2. The minimum absolute atomic E-state index is 0.955. The predicted octanol–water partition coefficient (Wildman–Crippen LogP) is 7.70. The molecule has 0 spiro atoms. The summed E-state index contributed by atoms with van der Waals surface area (Å²) in [5, 5.41) is 7.79. The molecule has 0 aliphatic carbocycles. The summed E-state index contributed by atoms with van der Waals surface area (Å²) in [6.07, 6.45) is 1.87. The first kappa shape index (κ1) is 16.1. The molecule has 0 saturated carbocycles. The molecule has 7 aromatic rings. The normalized spacial score (nSPS) is 12.0. The van der Waals surface area contributed by atoms with Gasteiger partial charge in [-0.3, -0.25) is 4.57 Å². The summed E-state index contributed by atoms with van der Waals surface area (Å²) in [5.41, 5.74) is 2.44. The molecule has 3 heteroatoms. The number of fused-ring (bicyclic) bond motifs is 9. The van der Waals surface area contributed by atoms with Crippen molar-refractivity contribution in [2.75, 3.05) is 0 Å². The Morgan fingerprint density at radius 2 is 1.43 bits per heavy atom. The number of benzene rings is 4. The zero-order valence-electron chi connectivity index (χ0n) is 16.0. The number of pyridine rings is 1. The fourth-order valence-corrected chi connectivity index (χ4v) is 6.01. The van der Waals surface area contributed by atoms with E-state index in [0.717, 1.165) is 5.82 Å². The van der Waals surface area contributed by atoms with Crippen LogP contribution in [0.4, 0.5) is 0 Å². The molecule has 30 heavy (non-hydrogen) atoms. The van der Waals surface area contributed by atoms with Crippen LogP contribution in [0.5, 0.6) is 0 Å². The van der Waals surface area contributed by atoms with Gasteiger partial charge in [0.1, 0.15) is 5.82 Å². The maximum absolute atomic E-state index is 4.71. The van der Waals surface area contributed by atoms with Crippen LogP contribution >= 0.6 is 11.3 Å². The van der Waals surface area contributed by atoms with Crippen molar-refractivity contribution in [1.82, 2.24) is 9.55 Å². The van der Waals surface area contributed by atoms with Crippen LogP contribution in [0.2, 0.25) is 0 Å². The molecule has 3 aromatic heterocycles. The number of thiophene rings is 1. The first-order valence-electron chi connectivity index (χ1n) is 10.1. The fraction of sp³-hybridized carbons (Fsp3) is 0. The van der Waals surface area contributed by atoms with Gasteiger partial charge >= 0.3 is 0 Å². The summed E-state index contributed by atoms with van der Waals surface area (Å²) in [6.45, 7) is 0. The van der Waals surface area contributed by atoms with E-state index in [1.54, 1.807) is 0 Å². The van der Waals surface area contributed by atoms with Crippen LogP contribution in [-0.2, 0) is 0 Å². The molecular formula is C27H16N2S. The van der Waals surface area contributed by atoms with Crippen LogP contribution in [-0.4, -0.2) is 9.55 Å². The van der Waals surface area contributed by atoms with Gasteiger partial charge in [-0.05, 0) is 35.0 Å². The van der Waals surface area contributed by atoms with Crippen molar-refractivity contribution in [2.24, 2.45) is 0 Å². The van der Waals surface area contributed by atoms with Crippen molar-refractivity contribution in [3.05, 3.63) is 97.2 Å². The predicted molar refractivity (Wildman–Crippen MR) is 129 cm³/mol. The van der Waals surface area contributed by atoms with Crippen LogP contribution in [0.1, 0.15) is 0 Å². The van der Waals surface area contributed by atoms with E-state index in [0.29, 0.717) is 0 Å². The molecule has 0 unspecified atom stereocenters. The summed E-state index contributed by atoms with van der Waals surface area (Å²) >= 11 is 1.89. The fourth-order valence-electron chi connectivity index (χ4n) is 4.77. The van der Waals surface area contributed by atoms with Crippen LogP contribution in [0.15, 0.2) is 97.2 Å². The summed E-state index contributed by atoms with van der Waals surface area (Å²) < 4.78 is 5.00. The third-order valence-electron chi connectivity index (χ3n) is 6.04. The molecule has 0 aliphatic rings. The smallest absolute Gasteiger partial charge is 0.137 e. The van der Waals surface area contributed by atoms with E-state index >= 15 is 0 Å². The Morgan fingerprint density at radius 1 is 0.633 bits per heavy atom. The van der Waals surface area contributed by atoms with E-state index in [4.69, 9.17) is 4.98 Å². The average molecular weight is 401 g/mol. The standard InChI is InChI=1S/C27H16N2S/c1-2-8-18-17(7-1)12-13-21-25-23(30-27(18)21)15-14-20-19-9-3-4-10-22(19)29(26(20)25)24-11-5-6-16-28-24/h1-16H. The Kier molecular flexibility index (Phi) is 3.18. The van der Waals surface area contributed by atoms with E-state index < -0.39 is 0 Å². The number of hydrogen-bond donors (Lipinski definition) is 0. The molecule has 140 valence electrons. The first-order valence-corrected chi connectivity index (χ1v) is 10.9. The molecule has 0 N–H and O–H groups in total. The van der Waals surface area contributed by atoms with Crippen LogP contribution in [0.25, 0.3) is 58.6 Å². The van der Waals surface area contributed by atoms with Gasteiger partial charge in [-0.25, -0.2) is 4.98 Å². The van der Waals surface area contributed by atoms with Crippen molar-refractivity contribution in [3.63, 3.8) is 0 Å². The van der Waals surface area contributed by atoms with E-state index in [2.05, 4.69) is 89.5 Å². The summed E-state index contributed by atoms with van der Waals surface area (Å²) in [5.74, 6) is 0.955. The Labute approximate surface area is 176 Å². The van der Waals surface area contributed by atoms with E-state index in [-0.39, 0.29) is 0 Å². The number of para-hydroxylation sites is 1. The lowest BCUT2D eigenvalue weighted by Gasteiger charge is -2.07. The molecule has 4 aromatic carbocycles. The number of aromatic nitrogens is 2. The second kappa shape index (κ2) is 5.91. The Balaban J connectivity index is 1.78. The maximum atomic E-state index is 4.71. The van der Waals surface area contributed by atoms with Gasteiger partial charge in [0.05, 0.1) is 11.0 Å². The van der Waals surface area contributed by atoms with Crippen molar-refractivity contribution in [2.45, 2.75) is 0 Å². The van der Waals surface area contributed by atoms with Crippen molar-refractivity contribution in [3.8, 4) is 5.82 Å². The first-order chi connectivity index (χ1) is 14.9. The lowest BCUT2D eigenvalue weighted by atomic mass is 10.0. The van der Waals surface area contributed by atoms with Gasteiger partial charge in [-0.1, -0.05) is 66.7 Å². The molecule has 2 nitrogen and oxygen atoms in total.